The van der Waals surface area contributed by atoms with E-state index in [0.717, 1.165) is 26.2 Å². The minimum absolute atomic E-state index is 0. The molecule has 0 bridgehead atoms. The van der Waals surface area contributed by atoms with Crippen LogP contribution in [0.5, 0.6) is 0 Å². The van der Waals surface area contributed by atoms with Gasteiger partial charge in [-0.1, -0.05) is 0 Å². The van der Waals surface area contributed by atoms with Crippen LogP contribution in [0.3, 0.4) is 0 Å². The van der Waals surface area contributed by atoms with Crippen LogP contribution in [-0.4, -0.2) is 46.8 Å². The summed E-state index contributed by atoms with van der Waals surface area (Å²) in [5.74, 6) is 1.42. The minimum Gasteiger partial charge on any atom is -0.337 e. The summed E-state index contributed by atoms with van der Waals surface area (Å²) in [4.78, 5) is 14.2. The van der Waals surface area contributed by atoms with Gasteiger partial charge in [-0.25, -0.2) is 0 Å². The Morgan fingerprint density at radius 3 is 2.59 bits per heavy atom. The van der Waals surface area contributed by atoms with Crippen LogP contribution >= 0.6 is 12.4 Å². The molecule has 0 aromatic carbocycles. The molecule has 0 saturated carbocycles. The third kappa shape index (κ3) is 2.05. The molecule has 1 aromatic heterocycles. The molecule has 5 nitrogen and oxygen atoms in total. The number of hydrogen-bond acceptors (Lipinski definition) is 3. The molecule has 17 heavy (non-hydrogen) atoms. The van der Waals surface area contributed by atoms with Gasteiger partial charge >= 0.3 is 0 Å². The number of aryl methyl sites for hydroxylation is 1. The van der Waals surface area contributed by atoms with Crippen molar-refractivity contribution in [2.75, 3.05) is 26.2 Å². The van der Waals surface area contributed by atoms with Crippen LogP contribution in [0, 0.1) is 11.8 Å². The number of aromatic nitrogens is 2. The van der Waals surface area contributed by atoms with E-state index in [0.29, 0.717) is 17.5 Å². The van der Waals surface area contributed by atoms with Crippen LogP contribution in [0.2, 0.25) is 0 Å². The molecule has 2 atom stereocenters. The van der Waals surface area contributed by atoms with Crippen molar-refractivity contribution in [1.29, 1.82) is 0 Å². The zero-order valence-electron chi connectivity index (χ0n) is 9.80. The molecule has 0 spiro atoms. The van der Waals surface area contributed by atoms with E-state index < -0.39 is 0 Å². The second kappa shape index (κ2) is 4.66. The van der Waals surface area contributed by atoms with Crippen molar-refractivity contribution in [2.45, 2.75) is 0 Å². The second-order valence-corrected chi connectivity index (χ2v) is 4.73. The normalized spacial score (nSPS) is 26.8. The first kappa shape index (κ1) is 12.4. The molecule has 2 saturated heterocycles. The van der Waals surface area contributed by atoms with Gasteiger partial charge in [0.1, 0.15) is 5.69 Å². The van der Waals surface area contributed by atoms with Crippen molar-refractivity contribution < 1.29 is 4.79 Å². The van der Waals surface area contributed by atoms with E-state index >= 15 is 0 Å². The van der Waals surface area contributed by atoms with E-state index in [-0.39, 0.29) is 18.3 Å². The molecule has 0 radical (unpaired) electrons. The standard InChI is InChI=1S/C11H16N4O.ClH/c1-14-10(2-3-13-14)11(16)15-6-8-4-12-5-9(8)7-15;/h2-3,8-9,12H,4-7H2,1H3;1H/t8-,9+;. The Labute approximate surface area is 107 Å². The molecule has 1 amide bonds. The summed E-state index contributed by atoms with van der Waals surface area (Å²) in [5.41, 5.74) is 0.688. The van der Waals surface area contributed by atoms with Crippen LogP contribution in [0.25, 0.3) is 0 Å². The molecule has 2 aliphatic heterocycles. The number of rotatable bonds is 1. The number of nitrogens with one attached hydrogen (secondary N) is 1. The first-order valence-corrected chi connectivity index (χ1v) is 5.73. The molecule has 94 valence electrons. The Bertz CT molecular complexity index is 407. The zero-order valence-corrected chi connectivity index (χ0v) is 10.6. The maximum absolute atomic E-state index is 12.2. The number of carbonyl (C=O) groups excluding carboxylic acids is 1. The lowest BCUT2D eigenvalue weighted by molar-refractivity contribution is 0.0771. The molecule has 3 rings (SSSR count). The molecule has 3 heterocycles. The largest absolute Gasteiger partial charge is 0.337 e. The highest BCUT2D eigenvalue weighted by atomic mass is 35.5. The van der Waals surface area contributed by atoms with E-state index in [4.69, 9.17) is 0 Å². The molecular formula is C11H17ClN4O. The highest BCUT2D eigenvalue weighted by molar-refractivity contribution is 5.92. The maximum atomic E-state index is 12.2. The van der Waals surface area contributed by atoms with E-state index in [9.17, 15) is 4.79 Å². The molecule has 0 aliphatic carbocycles. The van der Waals surface area contributed by atoms with Crippen LogP contribution in [0.4, 0.5) is 0 Å². The number of likely N-dealkylation sites (tertiary alicyclic amines) is 1. The Balaban J connectivity index is 0.00000108. The van der Waals surface area contributed by atoms with E-state index in [1.807, 2.05) is 11.9 Å². The van der Waals surface area contributed by atoms with Crippen molar-refractivity contribution in [1.82, 2.24) is 20.0 Å². The predicted molar refractivity (Wildman–Crippen MR) is 66.2 cm³/mol. The Morgan fingerprint density at radius 2 is 2.06 bits per heavy atom. The Morgan fingerprint density at radius 1 is 1.41 bits per heavy atom. The van der Waals surface area contributed by atoms with Gasteiger partial charge in [0.05, 0.1) is 0 Å². The average molecular weight is 257 g/mol. The average Bonchev–Trinajstić information content (AvgIpc) is 2.89. The molecule has 1 N–H and O–H groups in total. The summed E-state index contributed by atoms with van der Waals surface area (Å²) < 4.78 is 1.65. The summed E-state index contributed by atoms with van der Waals surface area (Å²) in [5, 5.41) is 7.41. The van der Waals surface area contributed by atoms with Crippen LogP contribution in [0.15, 0.2) is 12.3 Å². The summed E-state index contributed by atoms with van der Waals surface area (Å²) in [6.45, 7) is 3.89. The van der Waals surface area contributed by atoms with Gasteiger partial charge in [0.2, 0.25) is 0 Å². The van der Waals surface area contributed by atoms with Gasteiger partial charge in [-0.05, 0) is 17.9 Å². The van der Waals surface area contributed by atoms with Gasteiger partial charge in [-0.3, -0.25) is 9.48 Å². The molecule has 2 aliphatic rings. The number of amides is 1. The molecule has 0 unspecified atom stereocenters. The second-order valence-electron chi connectivity index (χ2n) is 4.73. The maximum Gasteiger partial charge on any atom is 0.272 e. The fourth-order valence-electron chi connectivity index (χ4n) is 2.77. The first-order valence-electron chi connectivity index (χ1n) is 5.73. The highest BCUT2D eigenvalue weighted by Crippen LogP contribution is 2.27. The SMILES string of the molecule is Cl.Cn1nccc1C(=O)N1C[C@H]2CNC[C@H]2C1. The van der Waals surface area contributed by atoms with Crippen LogP contribution in [0.1, 0.15) is 10.5 Å². The van der Waals surface area contributed by atoms with Crippen molar-refractivity contribution >= 4 is 18.3 Å². The minimum atomic E-state index is 0. The number of halogens is 1. The van der Waals surface area contributed by atoms with Gasteiger partial charge in [0.25, 0.3) is 5.91 Å². The third-order valence-corrected chi connectivity index (χ3v) is 3.72. The lowest BCUT2D eigenvalue weighted by atomic mass is 10.0. The topological polar surface area (TPSA) is 50.2 Å². The smallest absolute Gasteiger partial charge is 0.272 e. The van der Waals surface area contributed by atoms with Crippen molar-refractivity contribution in [3.63, 3.8) is 0 Å². The fraction of sp³-hybridized carbons (Fsp3) is 0.636. The lowest BCUT2D eigenvalue weighted by Crippen LogP contribution is -2.33. The molecule has 2 fully saturated rings. The number of hydrogen-bond donors (Lipinski definition) is 1. The van der Waals surface area contributed by atoms with E-state index in [2.05, 4.69) is 10.4 Å². The summed E-state index contributed by atoms with van der Waals surface area (Å²) in [6, 6.07) is 1.79. The summed E-state index contributed by atoms with van der Waals surface area (Å²) in [6.07, 6.45) is 1.67. The van der Waals surface area contributed by atoms with Gasteiger partial charge in [0.15, 0.2) is 0 Å². The van der Waals surface area contributed by atoms with Crippen molar-refractivity contribution in [3.8, 4) is 0 Å². The van der Waals surface area contributed by atoms with Gasteiger partial charge < -0.3 is 10.2 Å². The molecule has 6 heteroatoms. The van der Waals surface area contributed by atoms with Crippen molar-refractivity contribution in [3.05, 3.63) is 18.0 Å². The van der Waals surface area contributed by atoms with Crippen molar-refractivity contribution in [2.24, 2.45) is 18.9 Å². The van der Waals surface area contributed by atoms with E-state index in [1.165, 1.54) is 0 Å². The van der Waals surface area contributed by atoms with Gasteiger partial charge in [0, 0.05) is 39.4 Å². The van der Waals surface area contributed by atoms with Crippen LogP contribution < -0.4 is 5.32 Å². The van der Waals surface area contributed by atoms with Gasteiger partial charge in [-0.2, -0.15) is 5.10 Å². The first-order chi connectivity index (χ1) is 7.75. The number of carbonyl (C=O) groups is 1. The summed E-state index contributed by atoms with van der Waals surface area (Å²) >= 11 is 0. The highest BCUT2D eigenvalue weighted by Gasteiger charge is 2.38. The number of fused-ring (bicyclic) bond motifs is 1. The van der Waals surface area contributed by atoms with Crippen LogP contribution in [-0.2, 0) is 7.05 Å². The molecular weight excluding hydrogens is 240 g/mol. The number of nitrogens with zero attached hydrogens (tertiary/aromatic N) is 3. The van der Waals surface area contributed by atoms with E-state index in [1.54, 1.807) is 16.9 Å². The lowest BCUT2D eigenvalue weighted by Gasteiger charge is -2.17. The predicted octanol–water partition coefficient (Wildman–Crippen LogP) is 0.133. The Kier molecular flexibility index (Phi) is 3.40. The monoisotopic (exact) mass is 256 g/mol. The molecule has 1 aromatic rings. The van der Waals surface area contributed by atoms with Gasteiger partial charge in [-0.15, -0.1) is 12.4 Å². The fourth-order valence-corrected chi connectivity index (χ4v) is 2.77. The zero-order chi connectivity index (χ0) is 11.1. The quantitative estimate of drug-likeness (QED) is 0.777. The third-order valence-electron chi connectivity index (χ3n) is 3.72. The Hall–Kier alpha value is -1.07. The summed E-state index contributed by atoms with van der Waals surface area (Å²) in [7, 11) is 1.81.